The maximum atomic E-state index is 13.1. The van der Waals surface area contributed by atoms with E-state index >= 15 is 0 Å². The summed E-state index contributed by atoms with van der Waals surface area (Å²) >= 11 is 1.45. The van der Waals surface area contributed by atoms with Crippen LogP contribution in [0, 0.1) is 0 Å². The van der Waals surface area contributed by atoms with Gasteiger partial charge in [-0.05, 0) is 53.7 Å². The smallest absolute Gasteiger partial charge is 0.422 e. The second kappa shape index (κ2) is 9.21. The lowest BCUT2D eigenvalue weighted by molar-refractivity contribution is -0.153. The van der Waals surface area contributed by atoms with Crippen molar-refractivity contribution >= 4 is 33.0 Å². The maximum Gasteiger partial charge on any atom is 0.422 e. The molecule has 3 aromatic rings. The molecule has 1 N–H and O–H groups in total. The number of hydrogen-bond acceptors (Lipinski definition) is 3. The number of allylic oxidation sites excluding steroid dienone is 1. The summed E-state index contributed by atoms with van der Waals surface area (Å²) in [6.07, 6.45) is -2.59. The molecule has 7 heteroatoms. The molecule has 33 heavy (non-hydrogen) atoms. The SMILES string of the molecule is CCc1cc(-c2cccc3sc(/C(C)=C/C(=O)O)cc23)c(OCC(F)(F)F)c(C(C)(C)C)c1. The highest BCUT2D eigenvalue weighted by atomic mass is 32.1. The Hall–Kier alpha value is -2.80. The number of thiophene rings is 1. The third-order valence-corrected chi connectivity index (χ3v) is 6.56. The fraction of sp³-hybridized carbons (Fsp3) is 0.346. The molecule has 0 unspecified atom stereocenters. The number of carbonyl (C=O) groups is 1. The van der Waals surface area contributed by atoms with Crippen LogP contribution in [0.3, 0.4) is 0 Å². The van der Waals surface area contributed by atoms with Gasteiger partial charge >= 0.3 is 12.1 Å². The molecular weight excluding hydrogens is 449 g/mol. The molecule has 1 heterocycles. The van der Waals surface area contributed by atoms with Gasteiger partial charge in [-0.1, -0.05) is 45.9 Å². The minimum atomic E-state index is -4.46. The highest BCUT2D eigenvalue weighted by molar-refractivity contribution is 7.20. The van der Waals surface area contributed by atoms with Crippen molar-refractivity contribution in [1.29, 1.82) is 0 Å². The summed E-state index contributed by atoms with van der Waals surface area (Å²) in [5, 5.41) is 9.95. The van der Waals surface area contributed by atoms with Crippen molar-refractivity contribution in [2.75, 3.05) is 6.61 Å². The van der Waals surface area contributed by atoms with Crippen LogP contribution >= 0.6 is 11.3 Å². The summed E-state index contributed by atoms with van der Waals surface area (Å²) in [5.74, 6) is -0.798. The topological polar surface area (TPSA) is 46.5 Å². The Morgan fingerprint density at radius 1 is 1.12 bits per heavy atom. The number of rotatable bonds is 6. The van der Waals surface area contributed by atoms with Gasteiger partial charge in [0, 0.05) is 32.2 Å². The lowest BCUT2D eigenvalue weighted by Gasteiger charge is -2.27. The molecule has 0 aliphatic carbocycles. The van der Waals surface area contributed by atoms with E-state index in [9.17, 15) is 18.0 Å². The summed E-state index contributed by atoms with van der Waals surface area (Å²) in [5.41, 5.74) is 3.27. The number of hydrogen-bond donors (Lipinski definition) is 1. The molecule has 0 aliphatic heterocycles. The van der Waals surface area contributed by atoms with Crippen molar-refractivity contribution in [2.24, 2.45) is 0 Å². The first kappa shape index (κ1) is 24.8. The molecule has 176 valence electrons. The predicted octanol–water partition coefficient (Wildman–Crippen LogP) is 7.86. The number of alkyl halides is 3. The minimum absolute atomic E-state index is 0.232. The Balaban J connectivity index is 2.30. The normalized spacial score (nSPS) is 12.9. The Labute approximate surface area is 195 Å². The van der Waals surface area contributed by atoms with Crippen molar-refractivity contribution in [2.45, 2.75) is 52.6 Å². The average Bonchev–Trinajstić information content (AvgIpc) is 3.14. The summed E-state index contributed by atoms with van der Waals surface area (Å²) in [6.45, 7) is 8.22. The molecule has 0 aliphatic rings. The summed E-state index contributed by atoms with van der Waals surface area (Å²) in [4.78, 5) is 11.9. The molecule has 0 spiro atoms. The van der Waals surface area contributed by atoms with Crippen LogP contribution in [0.25, 0.3) is 26.8 Å². The first-order valence-corrected chi connectivity index (χ1v) is 11.4. The highest BCUT2D eigenvalue weighted by Gasteiger charge is 2.31. The van der Waals surface area contributed by atoms with Gasteiger partial charge in [0.25, 0.3) is 0 Å². The number of fused-ring (bicyclic) bond motifs is 1. The molecule has 3 rings (SSSR count). The highest BCUT2D eigenvalue weighted by Crippen LogP contribution is 2.45. The van der Waals surface area contributed by atoms with Crippen molar-refractivity contribution in [3.8, 4) is 16.9 Å². The summed E-state index contributed by atoms with van der Waals surface area (Å²) < 4.78 is 45.7. The molecule has 0 saturated heterocycles. The van der Waals surface area contributed by atoms with Gasteiger partial charge in [0.15, 0.2) is 6.61 Å². The van der Waals surface area contributed by atoms with Crippen LogP contribution in [0.2, 0.25) is 0 Å². The summed E-state index contributed by atoms with van der Waals surface area (Å²) in [6, 6.07) is 11.4. The molecule has 2 aromatic carbocycles. The van der Waals surface area contributed by atoms with Gasteiger partial charge in [0.2, 0.25) is 0 Å². The predicted molar refractivity (Wildman–Crippen MR) is 128 cm³/mol. The summed E-state index contributed by atoms with van der Waals surface area (Å²) in [7, 11) is 0. The number of aryl methyl sites for hydroxylation is 1. The Morgan fingerprint density at radius 3 is 2.39 bits per heavy atom. The molecule has 1 aromatic heterocycles. The van der Waals surface area contributed by atoms with E-state index in [1.807, 2.05) is 64.1 Å². The van der Waals surface area contributed by atoms with Crippen molar-refractivity contribution < 1.29 is 27.8 Å². The maximum absolute atomic E-state index is 13.1. The second-order valence-electron chi connectivity index (χ2n) is 9.02. The van der Waals surface area contributed by atoms with Crippen LogP contribution in [0.15, 0.2) is 42.5 Å². The zero-order valence-corrected chi connectivity index (χ0v) is 20.1. The van der Waals surface area contributed by atoms with E-state index < -0.39 is 24.2 Å². The average molecular weight is 477 g/mol. The van der Waals surface area contributed by atoms with Gasteiger partial charge in [0.1, 0.15) is 5.75 Å². The number of aliphatic carboxylic acids is 1. The quantitative estimate of drug-likeness (QED) is 0.368. The Morgan fingerprint density at radius 2 is 1.82 bits per heavy atom. The van der Waals surface area contributed by atoms with Crippen molar-refractivity contribution in [3.63, 3.8) is 0 Å². The molecule has 0 atom stereocenters. The standard InChI is InChI=1S/C26H27F3O3S/c1-6-16-11-19(24(32-14-26(27,28)29)20(12-16)25(3,4)5)17-8-7-9-21-18(17)13-22(33-21)15(2)10-23(30)31/h7-13H,6,14H2,1-5H3,(H,30,31)/b15-10+. The van der Waals surface area contributed by atoms with E-state index in [2.05, 4.69) is 0 Å². The van der Waals surface area contributed by atoms with Gasteiger partial charge in [0.05, 0.1) is 0 Å². The largest absolute Gasteiger partial charge is 0.483 e. The first-order valence-electron chi connectivity index (χ1n) is 10.6. The fourth-order valence-electron chi connectivity index (χ4n) is 3.71. The van der Waals surface area contributed by atoms with E-state index in [1.165, 1.54) is 11.3 Å². The van der Waals surface area contributed by atoms with Gasteiger partial charge < -0.3 is 9.84 Å². The molecule has 0 amide bonds. The van der Waals surface area contributed by atoms with Crippen LogP contribution in [-0.2, 0) is 16.6 Å². The van der Waals surface area contributed by atoms with E-state index in [0.29, 0.717) is 11.1 Å². The van der Waals surface area contributed by atoms with Crippen molar-refractivity contribution in [3.05, 3.63) is 58.5 Å². The van der Waals surface area contributed by atoms with Gasteiger partial charge in [-0.25, -0.2) is 4.79 Å². The van der Waals surface area contributed by atoms with Crippen LogP contribution in [0.4, 0.5) is 13.2 Å². The number of carboxylic acids is 1. The molecule has 0 bridgehead atoms. The fourth-order valence-corrected chi connectivity index (χ4v) is 4.76. The second-order valence-corrected chi connectivity index (χ2v) is 10.1. The Bertz CT molecular complexity index is 1210. The number of ether oxygens (including phenoxy) is 1. The van der Waals surface area contributed by atoms with Crippen LogP contribution in [0.1, 0.15) is 50.6 Å². The zero-order valence-electron chi connectivity index (χ0n) is 19.3. The van der Waals surface area contributed by atoms with Gasteiger partial charge in [-0.15, -0.1) is 11.3 Å². The number of halogens is 3. The molecule has 3 nitrogen and oxygen atoms in total. The van der Waals surface area contributed by atoms with E-state index in [-0.39, 0.29) is 5.75 Å². The molecule has 0 fully saturated rings. The lowest BCUT2D eigenvalue weighted by Crippen LogP contribution is -2.22. The van der Waals surface area contributed by atoms with Crippen molar-refractivity contribution in [1.82, 2.24) is 0 Å². The Kier molecular flexibility index (Phi) is 6.93. The van der Waals surface area contributed by atoms with Crippen LogP contribution in [-0.4, -0.2) is 23.9 Å². The third-order valence-electron chi connectivity index (χ3n) is 5.33. The first-order chi connectivity index (χ1) is 15.3. The number of carboxylic acid groups (broad SMARTS) is 1. The van der Waals surface area contributed by atoms with E-state index in [4.69, 9.17) is 9.84 Å². The van der Waals surface area contributed by atoms with Crippen LogP contribution in [0.5, 0.6) is 5.75 Å². The molecule has 0 saturated carbocycles. The molecule has 0 radical (unpaired) electrons. The van der Waals surface area contributed by atoms with E-state index in [0.717, 1.165) is 44.2 Å². The third kappa shape index (κ3) is 5.77. The van der Waals surface area contributed by atoms with Gasteiger partial charge in [-0.3, -0.25) is 0 Å². The minimum Gasteiger partial charge on any atom is -0.483 e. The molecular formula is C26H27F3O3S. The van der Waals surface area contributed by atoms with Crippen LogP contribution < -0.4 is 4.74 Å². The number of benzene rings is 2. The van der Waals surface area contributed by atoms with E-state index in [1.54, 1.807) is 6.92 Å². The zero-order chi connectivity index (χ0) is 24.6. The monoisotopic (exact) mass is 476 g/mol. The van der Waals surface area contributed by atoms with Gasteiger partial charge in [-0.2, -0.15) is 13.2 Å². The lowest BCUT2D eigenvalue weighted by atomic mass is 9.82.